The van der Waals surface area contributed by atoms with Gasteiger partial charge in [0.25, 0.3) is 0 Å². The summed E-state index contributed by atoms with van der Waals surface area (Å²) in [6, 6.07) is 4.31. The molecule has 74 valence electrons. The van der Waals surface area contributed by atoms with E-state index < -0.39 is 0 Å². The first-order valence-electron chi connectivity index (χ1n) is 4.94. The topological polar surface area (TPSA) is 43.3 Å². The van der Waals surface area contributed by atoms with Gasteiger partial charge in [-0.3, -0.25) is 0 Å². The van der Waals surface area contributed by atoms with Gasteiger partial charge in [-0.1, -0.05) is 0 Å². The highest BCUT2D eigenvalue weighted by Gasteiger charge is 1.99. The van der Waals surface area contributed by atoms with Crippen LogP contribution in [-0.2, 0) is 6.42 Å². The van der Waals surface area contributed by atoms with E-state index in [9.17, 15) is 0 Å². The molecule has 0 amide bonds. The van der Waals surface area contributed by atoms with Crippen LogP contribution in [0.1, 0.15) is 17.8 Å². The third kappa shape index (κ3) is 1.63. The average molecular weight is 189 g/mol. The Labute approximate surface area is 83.6 Å². The lowest BCUT2D eigenvalue weighted by Gasteiger charge is -2.01. The maximum Gasteiger partial charge on any atom is 0.110 e. The Kier molecular flexibility index (Phi) is 2.50. The van der Waals surface area contributed by atoms with E-state index in [0.717, 1.165) is 30.7 Å². The lowest BCUT2D eigenvalue weighted by molar-refractivity contribution is 0.831. The Morgan fingerprint density at radius 1 is 1.50 bits per heavy atom. The molecule has 0 aliphatic carbocycles. The van der Waals surface area contributed by atoms with Gasteiger partial charge in [-0.25, -0.2) is 4.98 Å². The highest BCUT2D eigenvalue weighted by Crippen LogP contribution is 2.10. The zero-order chi connectivity index (χ0) is 9.97. The molecule has 2 aromatic heterocycles. The Balaban J connectivity index is 2.32. The van der Waals surface area contributed by atoms with Crippen molar-refractivity contribution in [3.05, 3.63) is 35.9 Å². The number of aryl methyl sites for hydroxylation is 2. The van der Waals surface area contributed by atoms with E-state index in [2.05, 4.69) is 27.7 Å². The van der Waals surface area contributed by atoms with Crippen LogP contribution in [0.15, 0.2) is 24.5 Å². The van der Waals surface area contributed by atoms with Crippen LogP contribution in [0.3, 0.4) is 0 Å². The van der Waals surface area contributed by atoms with Crippen molar-refractivity contribution in [2.45, 2.75) is 19.8 Å². The van der Waals surface area contributed by atoms with Gasteiger partial charge in [0.15, 0.2) is 0 Å². The highest BCUT2D eigenvalue weighted by atomic mass is 15.0. The van der Waals surface area contributed by atoms with Crippen molar-refractivity contribution in [1.29, 1.82) is 0 Å². The van der Waals surface area contributed by atoms with Gasteiger partial charge in [0, 0.05) is 6.20 Å². The number of nitrogens with two attached hydrogens (primary N) is 1. The fourth-order valence-corrected chi connectivity index (χ4v) is 1.64. The number of hydrogen-bond acceptors (Lipinski definition) is 2. The zero-order valence-corrected chi connectivity index (χ0v) is 8.40. The van der Waals surface area contributed by atoms with Crippen molar-refractivity contribution in [3.63, 3.8) is 0 Å². The molecule has 0 unspecified atom stereocenters. The van der Waals surface area contributed by atoms with E-state index in [1.165, 1.54) is 5.56 Å². The largest absolute Gasteiger partial charge is 0.330 e. The van der Waals surface area contributed by atoms with Crippen LogP contribution in [0.5, 0.6) is 0 Å². The second-order valence-corrected chi connectivity index (χ2v) is 3.53. The summed E-state index contributed by atoms with van der Waals surface area (Å²) < 4.78 is 2.09. The number of fused-ring (bicyclic) bond motifs is 1. The lowest BCUT2D eigenvalue weighted by Crippen LogP contribution is -2.00. The molecule has 0 spiro atoms. The lowest BCUT2D eigenvalue weighted by atomic mass is 10.1. The van der Waals surface area contributed by atoms with Crippen molar-refractivity contribution in [2.75, 3.05) is 6.54 Å². The maximum absolute atomic E-state index is 5.48. The van der Waals surface area contributed by atoms with E-state index in [0.29, 0.717) is 0 Å². The third-order valence-corrected chi connectivity index (χ3v) is 2.45. The summed E-state index contributed by atoms with van der Waals surface area (Å²) in [4.78, 5) is 4.26. The predicted octanol–water partition coefficient (Wildman–Crippen LogP) is 1.53. The van der Waals surface area contributed by atoms with Gasteiger partial charge in [-0.15, -0.1) is 0 Å². The average Bonchev–Trinajstić information content (AvgIpc) is 2.57. The van der Waals surface area contributed by atoms with Crippen LogP contribution >= 0.6 is 0 Å². The molecule has 0 aromatic carbocycles. The van der Waals surface area contributed by atoms with Crippen LogP contribution < -0.4 is 5.73 Å². The van der Waals surface area contributed by atoms with Crippen molar-refractivity contribution in [1.82, 2.24) is 9.38 Å². The Morgan fingerprint density at radius 3 is 3.14 bits per heavy atom. The summed E-state index contributed by atoms with van der Waals surface area (Å²) in [6.07, 6.45) is 6.07. The van der Waals surface area contributed by atoms with E-state index in [1.54, 1.807) is 0 Å². The summed E-state index contributed by atoms with van der Waals surface area (Å²) >= 11 is 0. The third-order valence-electron chi connectivity index (χ3n) is 2.45. The minimum Gasteiger partial charge on any atom is -0.330 e. The van der Waals surface area contributed by atoms with Crippen LogP contribution in [0, 0.1) is 6.92 Å². The SMILES string of the molecule is Cc1ncc2cc(CCCN)ccn12. The molecular formula is C11H15N3. The monoisotopic (exact) mass is 189 g/mol. The second kappa shape index (κ2) is 3.80. The molecule has 0 radical (unpaired) electrons. The summed E-state index contributed by atoms with van der Waals surface area (Å²) in [5.41, 5.74) is 7.98. The van der Waals surface area contributed by atoms with Gasteiger partial charge < -0.3 is 10.1 Å². The first kappa shape index (κ1) is 9.21. The quantitative estimate of drug-likeness (QED) is 0.795. The molecule has 0 aliphatic heterocycles. The van der Waals surface area contributed by atoms with Gasteiger partial charge in [0.1, 0.15) is 5.82 Å². The molecule has 0 fully saturated rings. The van der Waals surface area contributed by atoms with E-state index in [-0.39, 0.29) is 0 Å². The van der Waals surface area contributed by atoms with Gasteiger partial charge in [-0.2, -0.15) is 0 Å². The van der Waals surface area contributed by atoms with Crippen molar-refractivity contribution in [3.8, 4) is 0 Å². The Bertz CT molecular complexity index is 431. The molecule has 3 heteroatoms. The Hall–Kier alpha value is -1.35. The summed E-state index contributed by atoms with van der Waals surface area (Å²) in [5.74, 6) is 1.03. The summed E-state index contributed by atoms with van der Waals surface area (Å²) in [6.45, 7) is 2.76. The maximum atomic E-state index is 5.48. The molecule has 0 aliphatic rings. The number of rotatable bonds is 3. The molecule has 0 saturated heterocycles. The molecule has 14 heavy (non-hydrogen) atoms. The standard InChI is InChI=1S/C11H15N3/c1-9-13-8-11-7-10(3-2-5-12)4-6-14(9)11/h4,6-8H,2-3,5,12H2,1H3. The van der Waals surface area contributed by atoms with Gasteiger partial charge in [0.05, 0.1) is 11.7 Å². The fraction of sp³-hybridized carbons (Fsp3) is 0.364. The Morgan fingerprint density at radius 2 is 2.36 bits per heavy atom. The summed E-state index contributed by atoms with van der Waals surface area (Å²) in [7, 11) is 0. The van der Waals surface area contributed by atoms with E-state index in [4.69, 9.17) is 5.73 Å². The number of pyridine rings is 1. The first-order chi connectivity index (χ1) is 6.81. The van der Waals surface area contributed by atoms with Gasteiger partial charge in [0.2, 0.25) is 0 Å². The van der Waals surface area contributed by atoms with E-state index >= 15 is 0 Å². The number of aromatic nitrogens is 2. The van der Waals surface area contributed by atoms with Crippen molar-refractivity contribution < 1.29 is 0 Å². The minimum absolute atomic E-state index is 0.753. The van der Waals surface area contributed by atoms with Crippen molar-refractivity contribution in [2.24, 2.45) is 5.73 Å². The number of imidazole rings is 1. The number of nitrogens with zero attached hydrogens (tertiary/aromatic N) is 2. The molecule has 2 rings (SSSR count). The highest BCUT2D eigenvalue weighted by molar-refractivity contribution is 5.48. The first-order valence-corrected chi connectivity index (χ1v) is 4.94. The second-order valence-electron chi connectivity index (χ2n) is 3.53. The predicted molar refractivity (Wildman–Crippen MR) is 57.3 cm³/mol. The fourth-order valence-electron chi connectivity index (χ4n) is 1.64. The molecule has 3 nitrogen and oxygen atoms in total. The van der Waals surface area contributed by atoms with Gasteiger partial charge >= 0.3 is 0 Å². The van der Waals surface area contributed by atoms with Crippen LogP contribution in [-0.4, -0.2) is 15.9 Å². The molecule has 2 aromatic rings. The van der Waals surface area contributed by atoms with Crippen LogP contribution in [0.25, 0.3) is 5.52 Å². The molecule has 0 bridgehead atoms. The molecule has 2 heterocycles. The molecular weight excluding hydrogens is 174 g/mol. The van der Waals surface area contributed by atoms with Crippen molar-refractivity contribution >= 4 is 5.52 Å². The van der Waals surface area contributed by atoms with Crippen LogP contribution in [0.4, 0.5) is 0 Å². The van der Waals surface area contributed by atoms with E-state index in [1.807, 2.05) is 13.1 Å². The minimum atomic E-state index is 0.753. The zero-order valence-electron chi connectivity index (χ0n) is 8.40. The molecule has 0 saturated carbocycles. The van der Waals surface area contributed by atoms with Crippen LogP contribution in [0.2, 0.25) is 0 Å². The normalized spacial score (nSPS) is 11.0. The molecule has 0 atom stereocenters. The smallest absolute Gasteiger partial charge is 0.110 e. The molecule has 2 N–H and O–H groups in total. The summed E-state index contributed by atoms with van der Waals surface area (Å²) in [5, 5.41) is 0. The number of hydrogen-bond donors (Lipinski definition) is 1. The van der Waals surface area contributed by atoms with Gasteiger partial charge in [-0.05, 0) is 44.0 Å².